The lowest BCUT2D eigenvalue weighted by Crippen LogP contribution is -2.29. The van der Waals surface area contributed by atoms with E-state index in [2.05, 4.69) is 26.8 Å². The number of aromatic hydroxyl groups is 1. The fourth-order valence-electron chi connectivity index (χ4n) is 1.61. The largest absolute Gasteiger partial charge is 0.504 e. The molecule has 21 heavy (non-hydrogen) atoms. The number of phenolic OH excluding ortho intramolecular Hbond substituents is 1. The lowest BCUT2D eigenvalue weighted by Gasteiger charge is -2.10. The third-order valence-electron chi connectivity index (χ3n) is 2.63. The van der Waals surface area contributed by atoms with Crippen LogP contribution in [0.15, 0.2) is 40.9 Å². The molecule has 108 valence electrons. The quantitative estimate of drug-likeness (QED) is 0.584. The summed E-state index contributed by atoms with van der Waals surface area (Å²) in [6, 6.07) is 8.99. The first-order valence-electron chi connectivity index (χ1n) is 5.81. The summed E-state index contributed by atoms with van der Waals surface area (Å²) in [6.45, 7) is 0. The van der Waals surface area contributed by atoms with Gasteiger partial charge in [-0.1, -0.05) is 22.0 Å². The molecule has 0 fully saturated rings. The molecule has 0 aliphatic rings. The van der Waals surface area contributed by atoms with E-state index in [1.165, 1.54) is 0 Å². The highest BCUT2D eigenvalue weighted by atomic mass is 79.9. The molecule has 0 bridgehead atoms. The molecule has 2 aromatic carbocycles. The summed E-state index contributed by atoms with van der Waals surface area (Å²) < 4.78 is 14.2. The van der Waals surface area contributed by atoms with Crippen LogP contribution >= 0.6 is 15.9 Å². The number of rotatable bonds is 4. The predicted molar refractivity (Wildman–Crippen MR) is 78.7 cm³/mol. The Morgan fingerprint density at radius 2 is 2.05 bits per heavy atom. The average Bonchev–Trinajstić information content (AvgIpc) is 2.47. The van der Waals surface area contributed by atoms with Gasteiger partial charge in [0.25, 0.3) is 5.91 Å². The molecule has 1 amide bonds. The van der Waals surface area contributed by atoms with Crippen molar-refractivity contribution in [3.8, 4) is 5.75 Å². The van der Waals surface area contributed by atoms with Gasteiger partial charge in [0.05, 0.1) is 11.3 Å². The third-order valence-corrected chi connectivity index (χ3v) is 3.12. The van der Waals surface area contributed by atoms with Crippen LogP contribution in [-0.4, -0.2) is 17.3 Å². The van der Waals surface area contributed by atoms with Gasteiger partial charge in [-0.2, -0.15) is 0 Å². The van der Waals surface area contributed by atoms with Gasteiger partial charge in [-0.25, -0.2) is 4.39 Å². The zero-order valence-electron chi connectivity index (χ0n) is 10.6. The van der Waals surface area contributed by atoms with E-state index in [1.807, 2.05) is 6.07 Å². The fourth-order valence-corrected chi connectivity index (χ4v) is 2.01. The maximum absolute atomic E-state index is 13.4. The van der Waals surface area contributed by atoms with Crippen molar-refractivity contribution in [3.63, 3.8) is 0 Å². The Kier molecular flexibility index (Phi) is 4.54. The first-order chi connectivity index (χ1) is 10.0. The van der Waals surface area contributed by atoms with Gasteiger partial charge in [0, 0.05) is 10.0 Å². The van der Waals surface area contributed by atoms with Crippen molar-refractivity contribution in [1.29, 1.82) is 0 Å². The summed E-state index contributed by atoms with van der Waals surface area (Å²) >= 11 is 3.28. The van der Waals surface area contributed by atoms with Crippen molar-refractivity contribution in [3.05, 3.63) is 57.8 Å². The van der Waals surface area contributed by atoms with Gasteiger partial charge in [-0.15, -0.1) is 0 Å². The number of amides is 1. The molecule has 0 unspecified atom stereocenters. The Labute approximate surface area is 127 Å². The highest BCUT2D eigenvalue weighted by molar-refractivity contribution is 9.10. The van der Waals surface area contributed by atoms with E-state index in [4.69, 9.17) is 0 Å². The third kappa shape index (κ3) is 3.57. The van der Waals surface area contributed by atoms with Crippen molar-refractivity contribution >= 4 is 33.8 Å². The standard InChI is InChI=1S/C14H10BrFN2O3/c15-10-2-1-3-11(6-10)17-18-14(21)8-4-9(7-19)13(20)12(16)5-8/h1-7,17,20H,(H,18,21). The lowest BCUT2D eigenvalue weighted by molar-refractivity contribution is 0.0962. The normalized spacial score (nSPS) is 10.0. The minimum Gasteiger partial charge on any atom is -0.504 e. The Bertz CT molecular complexity index is 707. The van der Waals surface area contributed by atoms with E-state index < -0.39 is 17.5 Å². The Morgan fingerprint density at radius 3 is 2.71 bits per heavy atom. The summed E-state index contributed by atoms with van der Waals surface area (Å²) in [5.41, 5.74) is 5.26. The van der Waals surface area contributed by atoms with Gasteiger partial charge in [0.2, 0.25) is 0 Å². The molecule has 7 heteroatoms. The van der Waals surface area contributed by atoms with Crippen LogP contribution in [-0.2, 0) is 0 Å². The van der Waals surface area contributed by atoms with Crippen LogP contribution in [0.2, 0.25) is 0 Å². The number of hydrazine groups is 1. The Hall–Kier alpha value is -2.41. The number of nitrogens with one attached hydrogen (secondary N) is 2. The molecule has 0 radical (unpaired) electrons. The second-order valence-electron chi connectivity index (χ2n) is 4.10. The summed E-state index contributed by atoms with van der Waals surface area (Å²) in [5.74, 6) is -2.45. The molecule has 0 saturated heterocycles. The van der Waals surface area contributed by atoms with E-state index in [0.29, 0.717) is 5.69 Å². The van der Waals surface area contributed by atoms with Crippen LogP contribution in [0.5, 0.6) is 5.75 Å². The van der Waals surface area contributed by atoms with Crippen molar-refractivity contribution < 1.29 is 19.1 Å². The minimum atomic E-state index is -1.03. The highest BCUT2D eigenvalue weighted by Gasteiger charge is 2.14. The molecule has 0 aliphatic heterocycles. The number of carbonyl (C=O) groups is 2. The van der Waals surface area contributed by atoms with Gasteiger partial charge < -0.3 is 5.11 Å². The van der Waals surface area contributed by atoms with Gasteiger partial charge in [-0.05, 0) is 30.3 Å². The number of hydrogen-bond acceptors (Lipinski definition) is 4. The fraction of sp³-hybridized carbons (Fsp3) is 0. The first kappa shape index (κ1) is 15.0. The molecule has 0 heterocycles. The number of phenols is 1. The first-order valence-corrected chi connectivity index (χ1v) is 6.60. The maximum atomic E-state index is 13.4. The van der Waals surface area contributed by atoms with Crippen molar-refractivity contribution in [2.45, 2.75) is 0 Å². The van der Waals surface area contributed by atoms with Crippen molar-refractivity contribution in [1.82, 2.24) is 5.43 Å². The summed E-state index contributed by atoms with van der Waals surface area (Å²) in [5, 5.41) is 9.28. The van der Waals surface area contributed by atoms with Crippen LogP contribution < -0.4 is 10.9 Å². The summed E-state index contributed by atoms with van der Waals surface area (Å²) in [4.78, 5) is 22.6. The predicted octanol–water partition coefficient (Wildman–Crippen LogP) is 2.86. The van der Waals surface area contributed by atoms with Gasteiger partial charge in [-0.3, -0.25) is 20.4 Å². The van der Waals surface area contributed by atoms with Crippen molar-refractivity contribution in [2.24, 2.45) is 0 Å². The zero-order chi connectivity index (χ0) is 15.4. The van der Waals surface area contributed by atoms with Gasteiger partial charge >= 0.3 is 0 Å². The summed E-state index contributed by atoms with van der Waals surface area (Å²) in [6.07, 6.45) is 0.275. The van der Waals surface area contributed by atoms with E-state index >= 15 is 0 Å². The minimum absolute atomic E-state index is 0.0881. The number of benzene rings is 2. The molecular formula is C14H10BrFN2O3. The molecule has 5 nitrogen and oxygen atoms in total. The number of halogens is 2. The smallest absolute Gasteiger partial charge is 0.269 e. The van der Waals surface area contributed by atoms with Gasteiger partial charge in [0.15, 0.2) is 17.9 Å². The molecule has 0 aliphatic carbocycles. The molecule has 2 rings (SSSR count). The molecular weight excluding hydrogens is 343 g/mol. The second kappa shape index (κ2) is 6.36. The molecule has 2 aromatic rings. The number of aldehydes is 1. The van der Waals surface area contributed by atoms with Crippen LogP contribution in [0.25, 0.3) is 0 Å². The van der Waals surface area contributed by atoms with Crippen LogP contribution in [0.3, 0.4) is 0 Å². The number of carbonyl (C=O) groups excluding carboxylic acids is 2. The van der Waals surface area contributed by atoms with E-state index in [-0.39, 0.29) is 17.4 Å². The van der Waals surface area contributed by atoms with Crippen molar-refractivity contribution in [2.75, 3.05) is 5.43 Å². The van der Waals surface area contributed by atoms with Crippen LogP contribution in [0, 0.1) is 5.82 Å². The molecule has 3 N–H and O–H groups in total. The van der Waals surface area contributed by atoms with Gasteiger partial charge in [0.1, 0.15) is 0 Å². The molecule has 0 aromatic heterocycles. The average molecular weight is 353 g/mol. The van der Waals surface area contributed by atoms with E-state index in [9.17, 15) is 19.1 Å². The van der Waals surface area contributed by atoms with Crippen LogP contribution in [0.1, 0.15) is 20.7 Å². The Balaban J connectivity index is 2.14. The number of hydrogen-bond donors (Lipinski definition) is 3. The lowest BCUT2D eigenvalue weighted by atomic mass is 10.1. The Morgan fingerprint density at radius 1 is 1.29 bits per heavy atom. The van der Waals surface area contributed by atoms with Crippen LogP contribution in [0.4, 0.5) is 10.1 Å². The second-order valence-corrected chi connectivity index (χ2v) is 5.02. The highest BCUT2D eigenvalue weighted by Crippen LogP contribution is 2.21. The zero-order valence-corrected chi connectivity index (χ0v) is 12.1. The topological polar surface area (TPSA) is 78.4 Å². The van der Waals surface area contributed by atoms with E-state index in [1.54, 1.807) is 18.2 Å². The summed E-state index contributed by atoms with van der Waals surface area (Å²) in [7, 11) is 0. The molecule has 0 spiro atoms. The molecule has 0 saturated carbocycles. The molecule has 0 atom stereocenters. The number of anilines is 1. The maximum Gasteiger partial charge on any atom is 0.269 e. The monoisotopic (exact) mass is 352 g/mol. The van der Waals surface area contributed by atoms with E-state index in [0.717, 1.165) is 16.6 Å². The SMILES string of the molecule is O=Cc1cc(C(=O)NNc2cccc(Br)c2)cc(F)c1O.